The van der Waals surface area contributed by atoms with Gasteiger partial charge in [0.15, 0.2) is 0 Å². The van der Waals surface area contributed by atoms with Crippen molar-refractivity contribution in [3.8, 4) is 6.07 Å². The van der Waals surface area contributed by atoms with E-state index in [1.807, 2.05) is 12.1 Å². The maximum absolute atomic E-state index is 9.18. The number of anilines is 1. The molecule has 2 atom stereocenters. The summed E-state index contributed by atoms with van der Waals surface area (Å²) in [6.45, 7) is 2.14. The number of likely N-dealkylation sites (tertiary alicyclic amines) is 1. The standard InChI is InChI=1S/C21H25N5O/c22-12-14-1-6-18-17(11-14)21(24-13-23-18)25-15-2-4-16(5-3-15)26-9-7-20-19(26)8-10-27-20/h1,6,11,13,15-16,19-20H,2-5,7-10H2,(H,23,24,25). The number of rotatable bonds is 3. The Kier molecular flexibility index (Phi) is 4.42. The van der Waals surface area contributed by atoms with Crippen LogP contribution in [-0.2, 0) is 4.74 Å². The fraction of sp³-hybridized carbons (Fsp3) is 0.571. The highest BCUT2D eigenvalue weighted by Crippen LogP contribution is 2.35. The molecule has 0 radical (unpaired) electrons. The van der Waals surface area contributed by atoms with Gasteiger partial charge in [0.25, 0.3) is 0 Å². The van der Waals surface area contributed by atoms with Gasteiger partial charge in [0.2, 0.25) is 0 Å². The van der Waals surface area contributed by atoms with Crippen LogP contribution >= 0.6 is 0 Å². The molecule has 1 N–H and O–H groups in total. The number of ether oxygens (including phenoxy) is 1. The summed E-state index contributed by atoms with van der Waals surface area (Å²) in [7, 11) is 0. The molecule has 0 spiro atoms. The molecule has 6 heteroatoms. The van der Waals surface area contributed by atoms with Crippen LogP contribution < -0.4 is 5.32 Å². The van der Waals surface area contributed by atoms with Crippen molar-refractivity contribution in [3.05, 3.63) is 30.1 Å². The van der Waals surface area contributed by atoms with Crippen LogP contribution in [-0.4, -0.2) is 52.2 Å². The van der Waals surface area contributed by atoms with Gasteiger partial charge >= 0.3 is 0 Å². The lowest BCUT2D eigenvalue weighted by molar-refractivity contribution is 0.0924. The summed E-state index contributed by atoms with van der Waals surface area (Å²) in [5, 5.41) is 13.7. The Labute approximate surface area is 159 Å². The van der Waals surface area contributed by atoms with E-state index in [1.54, 1.807) is 12.4 Å². The molecule has 5 rings (SSSR count). The summed E-state index contributed by atoms with van der Waals surface area (Å²) in [5.74, 6) is 0.853. The van der Waals surface area contributed by atoms with Gasteiger partial charge in [0.1, 0.15) is 12.1 Å². The van der Waals surface area contributed by atoms with Gasteiger partial charge in [-0.25, -0.2) is 9.97 Å². The largest absolute Gasteiger partial charge is 0.376 e. The first-order chi connectivity index (χ1) is 13.3. The summed E-state index contributed by atoms with van der Waals surface area (Å²) < 4.78 is 5.87. The van der Waals surface area contributed by atoms with Crippen molar-refractivity contribution in [2.75, 3.05) is 18.5 Å². The zero-order valence-electron chi connectivity index (χ0n) is 15.5. The van der Waals surface area contributed by atoms with Crippen LogP contribution in [0.1, 0.15) is 44.1 Å². The van der Waals surface area contributed by atoms with Crippen LogP contribution in [0, 0.1) is 11.3 Å². The van der Waals surface area contributed by atoms with E-state index >= 15 is 0 Å². The Morgan fingerprint density at radius 2 is 2.00 bits per heavy atom. The first-order valence-corrected chi connectivity index (χ1v) is 10.1. The molecule has 140 valence electrons. The van der Waals surface area contributed by atoms with Crippen molar-refractivity contribution < 1.29 is 4.74 Å². The minimum atomic E-state index is 0.434. The first kappa shape index (κ1) is 16.9. The molecular formula is C21H25N5O. The molecule has 1 aromatic heterocycles. The SMILES string of the molecule is N#Cc1ccc2ncnc(NC3CCC(N4CCC5OCCC54)CC3)c2c1. The summed E-state index contributed by atoms with van der Waals surface area (Å²) in [5.41, 5.74) is 1.52. The van der Waals surface area contributed by atoms with E-state index in [9.17, 15) is 5.26 Å². The minimum absolute atomic E-state index is 0.434. The van der Waals surface area contributed by atoms with Crippen LogP contribution in [0.5, 0.6) is 0 Å². The molecule has 27 heavy (non-hydrogen) atoms. The van der Waals surface area contributed by atoms with Crippen LogP contribution in [0.25, 0.3) is 10.9 Å². The molecule has 0 amide bonds. The van der Waals surface area contributed by atoms with Gasteiger partial charge in [-0.2, -0.15) is 5.26 Å². The van der Waals surface area contributed by atoms with Crippen molar-refractivity contribution in [3.63, 3.8) is 0 Å². The van der Waals surface area contributed by atoms with Crippen molar-refractivity contribution in [1.82, 2.24) is 14.9 Å². The second kappa shape index (κ2) is 7.06. The molecule has 3 heterocycles. The normalized spacial score (nSPS) is 30.9. The maximum atomic E-state index is 9.18. The molecule has 3 aliphatic rings. The number of nitrogens with zero attached hydrogens (tertiary/aromatic N) is 4. The average molecular weight is 363 g/mol. The van der Waals surface area contributed by atoms with Gasteiger partial charge < -0.3 is 10.1 Å². The topological polar surface area (TPSA) is 74.1 Å². The molecule has 2 aromatic rings. The number of hydrogen-bond acceptors (Lipinski definition) is 6. The molecule has 2 saturated heterocycles. The van der Waals surface area contributed by atoms with Crippen LogP contribution in [0.15, 0.2) is 24.5 Å². The fourth-order valence-electron chi connectivity index (χ4n) is 5.17. The van der Waals surface area contributed by atoms with Gasteiger partial charge in [-0.3, -0.25) is 4.90 Å². The number of nitriles is 1. The lowest BCUT2D eigenvalue weighted by atomic mass is 9.89. The zero-order chi connectivity index (χ0) is 18.2. The molecule has 1 aliphatic carbocycles. The predicted octanol–water partition coefficient (Wildman–Crippen LogP) is 3.09. The maximum Gasteiger partial charge on any atom is 0.137 e. The molecule has 6 nitrogen and oxygen atoms in total. The van der Waals surface area contributed by atoms with Gasteiger partial charge in [0, 0.05) is 36.7 Å². The Bertz CT molecular complexity index is 870. The smallest absolute Gasteiger partial charge is 0.137 e. The third-order valence-electron chi connectivity index (χ3n) is 6.54. The van der Waals surface area contributed by atoms with Gasteiger partial charge in [0.05, 0.1) is 23.3 Å². The highest BCUT2D eigenvalue weighted by atomic mass is 16.5. The summed E-state index contributed by atoms with van der Waals surface area (Å²) in [4.78, 5) is 11.5. The van der Waals surface area contributed by atoms with Crippen LogP contribution in [0.4, 0.5) is 5.82 Å². The van der Waals surface area contributed by atoms with Crippen LogP contribution in [0.3, 0.4) is 0 Å². The fourth-order valence-corrected chi connectivity index (χ4v) is 5.17. The number of fused-ring (bicyclic) bond motifs is 2. The van der Waals surface area contributed by atoms with Gasteiger partial charge in [-0.1, -0.05) is 0 Å². The Morgan fingerprint density at radius 3 is 2.85 bits per heavy atom. The Morgan fingerprint density at radius 1 is 1.11 bits per heavy atom. The summed E-state index contributed by atoms with van der Waals surface area (Å²) in [6, 6.07) is 9.59. The minimum Gasteiger partial charge on any atom is -0.376 e. The highest BCUT2D eigenvalue weighted by Gasteiger charge is 2.42. The van der Waals surface area contributed by atoms with Crippen LogP contribution in [0.2, 0.25) is 0 Å². The average Bonchev–Trinajstić information content (AvgIpc) is 3.32. The number of aromatic nitrogens is 2. The van der Waals surface area contributed by atoms with Gasteiger partial charge in [-0.05, 0) is 56.7 Å². The Hall–Kier alpha value is -2.23. The van der Waals surface area contributed by atoms with E-state index in [1.165, 1.54) is 32.2 Å². The monoisotopic (exact) mass is 363 g/mol. The summed E-state index contributed by atoms with van der Waals surface area (Å²) >= 11 is 0. The molecule has 3 fully saturated rings. The molecular weight excluding hydrogens is 338 g/mol. The highest BCUT2D eigenvalue weighted by molar-refractivity contribution is 5.89. The van der Waals surface area contributed by atoms with Crippen molar-refractivity contribution in [2.24, 2.45) is 0 Å². The van der Waals surface area contributed by atoms with Crippen molar-refractivity contribution in [2.45, 2.75) is 62.8 Å². The Balaban J connectivity index is 1.26. The second-order valence-electron chi connectivity index (χ2n) is 8.01. The number of nitrogens with one attached hydrogen (secondary N) is 1. The van der Waals surface area contributed by atoms with Gasteiger partial charge in [-0.15, -0.1) is 0 Å². The van der Waals surface area contributed by atoms with E-state index in [-0.39, 0.29) is 0 Å². The quantitative estimate of drug-likeness (QED) is 0.903. The van der Waals surface area contributed by atoms with E-state index in [2.05, 4.69) is 26.3 Å². The van der Waals surface area contributed by atoms with Crippen molar-refractivity contribution in [1.29, 1.82) is 5.26 Å². The number of hydrogen-bond donors (Lipinski definition) is 1. The van der Waals surface area contributed by atoms with Crippen molar-refractivity contribution >= 4 is 16.7 Å². The third-order valence-corrected chi connectivity index (χ3v) is 6.54. The lowest BCUT2D eigenvalue weighted by Gasteiger charge is -2.37. The van der Waals surface area contributed by atoms with E-state index < -0.39 is 0 Å². The molecule has 1 aromatic carbocycles. The molecule has 2 unspecified atom stereocenters. The lowest BCUT2D eigenvalue weighted by Crippen LogP contribution is -2.44. The summed E-state index contributed by atoms with van der Waals surface area (Å²) in [6.07, 6.45) is 9.27. The second-order valence-corrected chi connectivity index (χ2v) is 8.01. The molecule has 0 bridgehead atoms. The number of benzene rings is 1. The molecule has 2 aliphatic heterocycles. The third kappa shape index (κ3) is 3.15. The van der Waals surface area contributed by atoms with E-state index in [0.717, 1.165) is 36.2 Å². The molecule has 1 saturated carbocycles. The first-order valence-electron chi connectivity index (χ1n) is 10.1. The van der Waals surface area contributed by atoms with E-state index in [0.29, 0.717) is 29.8 Å². The predicted molar refractivity (Wildman–Crippen MR) is 103 cm³/mol. The zero-order valence-corrected chi connectivity index (χ0v) is 15.5. The van der Waals surface area contributed by atoms with E-state index in [4.69, 9.17) is 4.74 Å².